The zero-order valence-corrected chi connectivity index (χ0v) is 28.6. The van der Waals surface area contributed by atoms with Gasteiger partial charge in [-0.1, -0.05) is 39.8 Å². The Balaban J connectivity index is 1.61. The Morgan fingerprint density at radius 2 is 1.83 bits per heavy atom. The quantitative estimate of drug-likeness (QED) is 0.308. The van der Waals surface area contributed by atoms with Gasteiger partial charge in [-0.25, -0.2) is 9.78 Å². The standard InChI is InChI=1S/C33H47N5O7S/c1-8-15-44-20-17-23(38(18-20)30(42)26(32(2,3)4)37-31(43)45-33(5,6)7)28(41)35-22(16-19-13-14-34-27(19)40)25(39)29-36-21-11-9-10-12-24(21)46-29/h9-12,19-20,22-23,26H,8,13-18H2,1-7H3,(H,34,40)(H,35,41)(H,37,43)/t19-,20+,22-,23-,26+/m0/s1. The van der Waals surface area contributed by atoms with Gasteiger partial charge in [0.15, 0.2) is 5.01 Å². The van der Waals surface area contributed by atoms with Crippen molar-refractivity contribution in [3.63, 3.8) is 0 Å². The molecule has 4 amide bonds. The van der Waals surface area contributed by atoms with Crippen LogP contribution in [0.1, 0.15) is 84.0 Å². The summed E-state index contributed by atoms with van der Waals surface area (Å²) >= 11 is 1.23. The zero-order valence-electron chi connectivity index (χ0n) is 27.8. The number of nitrogens with one attached hydrogen (secondary N) is 3. The molecule has 3 N–H and O–H groups in total. The molecule has 0 bridgehead atoms. The molecule has 2 saturated heterocycles. The number of carbonyl (C=O) groups excluding carboxylic acids is 5. The van der Waals surface area contributed by atoms with E-state index in [1.54, 1.807) is 20.8 Å². The molecule has 0 aliphatic carbocycles. The van der Waals surface area contributed by atoms with Gasteiger partial charge in [-0.2, -0.15) is 0 Å². The van der Waals surface area contributed by atoms with E-state index in [9.17, 15) is 24.0 Å². The Hall–Kier alpha value is -3.58. The van der Waals surface area contributed by atoms with E-state index < -0.39 is 59.1 Å². The summed E-state index contributed by atoms with van der Waals surface area (Å²) in [5.74, 6) is -1.98. The number of para-hydroxylation sites is 1. The zero-order chi connectivity index (χ0) is 33.8. The highest BCUT2D eigenvalue weighted by atomic mass is 32.1. The van der Waals surface area contributed by atoms with Crippen LogP contribution in [0.2, 0.25) is 0 Å². The van der Waals surface area contributed by atoms with Gasteiger partial charge in [-0.05, 0) is 57.6 Å². The Labute approximate surface area is 274 Å². The predicted octanol–water partition coefficient (Wildman–Crippen LogP) is 3.83. The van der Waals surface area contributed by atoms with Gasteiger partial charge in [0.1, 0.15) is 17.7 Å². The summed E-state index contributed by atoms with van der Waals surface area (Å²) in [6, 6.07) is 4.37. The summed E-state index contributed by atoms with van der Waals surface area (Å²) in [7, 11) is 0. The number of aromatic nitrogens is 1. The molecule has 0 unspecified atom stereocenters. The summed E-state index contributed by atoms with van der Waals surface area (Å²) in [5.41, 5.74) is -0.821. The van der Waals surface area contributed by atoms with Gasteiger partial charge in [-0.3, -0.25) is 19.2 Å². The number of ketones is 1. The molecule has 0 saturated carbocycles. The van der Waals surface area contributed by atoms with Crippen LogP contribution < -0.4 is 16.0 Å². The van der Waals surface area contributed by atoms with Gasteiger partial charge in [0.05, 0.1) is 22.4 Å². The van der Waals surface area contributed by atoms with Gasteiger partial charge in [0, 0.05) is 32.0 Å². The fourth-order valence-electron chi connectivity index (χ4n) is 5.72. The van der Waals surface area contributed by atoms with E-state index in [1.165, 1.54) is 16.2 Å². The molecular weight excluding hydrogens is 610 g/mol. The smallest absolute Gasteiger partial charge is 0.408 e. The molecule has 1 aromatic carbocycles. The molecule has 4 rings (SSSR count). The van der Waals surface area contributed by atoms with Crippen molar-refractivity contribution in [2.45, 2.75) is 104 Å². The van der Waals surface area contributed by atoms with Crippen LogP contribution in [0.25, 0.3) is 10.2 Å². The second-order valence-corrected chi connectivity index (χ2v) is 15.1. The third-order valence-corrected chi connectivity index (χ3v) is 9.05. The van der Waals surface area contributed by atoms with Crippen LogP contribution in [-0.2, 0) is 23.9 Å². The number of ether oxygens (including phenoxy) is 2. The SMILES string of the molecule is CCCO[C@@H]1C[C@@H](C(=O)N[C@@H](C[C@@H]2CCNC2=O)C(=O)c2nc3ccccc3s2)N(C(=O)[C@@H](NC(=O)OC(C)(C)C)C(C)(C)C)C1. The monoisotopic (exact) mass is 657 g/mol. The lowest BCUT2D eigenvalue weighted by Gasteiger charge is -2.36. The molecule has 2 fully saturated rings. The highest BCUT2D eigenvalue weighted by molar-refractivity contribution is 7.20. The maximum absolute atomic E-state index is 14.2. The van der Waals surface area contributed by atoms with E-state index in [4.69, 9.17) is 9.47 Å². The number of alkyl carbamates (subject to hydrolysis) is 1. The van der Waals surface area contributed by atoms with Gasteiger partial charge in [0.25, 0.3) is 0 Å². The number of carbonyl (C=O) groups is 5. The molecule has 2 aromatic rings. The highest BCUT2D eigenvalue weighted by Gasteiger charge is 2.46. The fourth-order valence-corrected chi connectivity index (χ4v) is 6.68. The van der Waals surface area contributed by atoms with Crippen LogP contribution >= 0.6 is 11.3 Å². The van der Waals surface area contributed by atoms with Gasteiger partial charge < -0.3 is 30.3 Å². The second-order valence-electron chi connectivity index (χ2n) is 14.1. The largest absolute Gasteiger partial charge is 0.444 e. The third kappa shape index (κ3) is 8.81. The van der Waals surface area contributed by atoms with Crippen LogP contribution in [-0.4, -0.2) is 89.0 Å². The number of benzene rings is 1. The summed E-state index contributed by atoms with van der Waals surface area (Å²) in [6.07, 6.45) is 0.467. The second kappa shape index (κ2) is 14.5. The molecule has 0 spiro atoms. The Bertz CT molecular complexity index is 1410. The Morgan fingerprint density at radius 1 is 1.11 bits per heavy atom. The normalized spacial score (nSPS) is 21.5. The minimum absolute atomic E-state index is 0.105. The molecular formula is C33H47N5O7S. The van der Waals surface area contributed by atoms with E-state index in [2.05, 4.69) is 20.9 Å². The van der Waals surface area contributed by atoms with Gasteiger partial charge in [0.2, 0.25) is 23.5 Å². The first kappa shape index (κ1) is 35.3. The van der Waals surface area contributed by atoms with E-state index in [-0.39, 0.29) is 36.1 Å². The maximum atomic E-state index is 14.2. The number of hydrogen-bond acceptors (Lipinski definition) is 9. The average Bonchev–Trinajstić information content (AvgIpc) is 3.70. The first-order valence-electron chi connectivity index (χ1n) is 16.0. The van der Waals surface area contributed by atoms with Crippen molar-refractivity contribution in [1.29, 1.82) is 0 Å². The first-order valence-corrected chi connectivity index (χ1v) is 16.8. The third-order valence-electron chi connectivity index (χ3n) is 8.00. The van der Waals surface area contributed by atoms with E-state index in [0.29, 0.717) is 25.1 Å². The van der Waals surface area contributed by atoms with Crippen molar-refractivity contribution >= 4 is 51.2 Å². The van der Waals surface area contributed by atoms with E-state index >= 15 is 0 Å². The predicted molar refractivity (Wildman–Crippen MR) is 174 cm³/mol. The summed E-state index contributed by atoms with van der Waals surface area (Å²) in [4.78, 5) is 73.4. The highest BCUT2D eigenvalue weighted by Crippen LogP contribution is 2.29. The molecule has 2 aliphatic rings. The molecule has 46 heavy (non-hydrogen) atoms. The number of rotatable bonds is 11. The molecule has 13 heteroatoms. The maximum Gasteiger partial charge on any atom is 0.408 e. The van der Waals surface area contributed by atoms with E-state index in [1.807, 2.05) is 52.0 Å². The van der Waals surface area contributed by atoms with Crippen LogP contribution in [0.3, 0.4) is 0 Å². The molecule has 252 valence electrons. The van der Waals surface area contributed by atoms with Crippen LogP contribution in [0, 0.1) is 11.3 Å². The lowest BCUT2D eigenvalue weighted by molar-refractivity contribution is -0.142. The average molecular weight is 658 g/mol. The number of amides is 4. The lowest BCUT2D eigenvalue weighted by Crippen LogP contribution is -2.59. The molecule has 12 nitrogen and oxygen atoms in total. The molecule has 3 heterocycles. The summed E-state index contributed by atoms with van der Waals surface area (Å²) in [5, 5.41) is 8.66. The Morgan fingerprint density at radius 3 is 2.43 bits per heavy atom. The fraction of sp³-hybridized carbons (Fsp3) is 0.636. The number of hydrogen-bond donors (Lipinski definition) is 3. The molecule has 1 aromatic heterocycles. The number of fused-ring (bicyclic) bond motifs is 1. The summed E-state index contributed by atoms with van der Waals surface area (Å²) < 4.78 is 12.3. The topological polar surface area (TPSA) is 156 Å². The van der Waals surface area contributed by atoms with Crippen LogP contribution in [0.15, 0.2) is 24.3 Å². The van der Waals surface area contributed by atoms with Crippen molar-refractivity contribution in [3.05, 3.63) is 29.3 Å². The van der Waals surface area contributed by atoms with Crippen LogP contribution in [0.4, 0.5) is 4.79 Å². The lowest BCUT2D eigenvalue weighted by atomic mass is 9.85. The van der Waals surface area contributed by atoms with Crippen molar-refractivity contribution < 1.29 is 33.4 Å². The van der Waals surface area contributed by atoms with Crippen molar-refractivity contribution in [2.24, 2.45) is 11.3 Å². The van der Waals surface area contributed by atoms with Crippen molar-refractivity contribution in [2.75, 3.05) is 19.7 Å². The summed E-state index contributed by atoms with van der Waals surface area (Å²) in [6.45, 7) is 13.7. The van der Waals surface area contributed by atoms with Crippen molar-refractivity contribution in [3.8, 4) is 0 Å². The van der Waals surface area contributed by atoms with Gasteiger partial charge >= 0.3 is 6.09 Å². The van der Waals surface area contributed by atoms with Crippen LogP contribution in [0.5, 0.6) is 0 Å². The van der Waals surface area contributed by atoms with Gasteiger partial charge in [-0.15, -0.1) is 11.3 Å². The number of likely N-dealkylation sites (tertiary alicyclic amines) is 1. The van der Waals surface area contributed by atoms with E-state index in [0.717, 1.165) is 11.1 Å². The van der Waals surface area contributed by atoms with Crippen molar-refractivity contribution in [1.82, 2.24) is 25.8 Å². The Kier molecular flexibility index (Phi) is 11.1. The minimum Gasteiger partial charge on any atom is -0.444 e. The number of nitrogens with zero attached hydrogens (tertiary/aromatic N) is 2. The molecule has 2 aliphatic heterocycles. The first-order chi connectivity index (χ1) is 21.6. The molecule has 5 atom stereocenters. The number of Topliss-reactive ketones (excluding diaryl/α,β-unsaturated/α-hetero) is 1. The number of thiazole rings is 1. The molecule has 0 radical (unpaired) electrons. The minimum atomic E-state index is -1.03.